The van der Waals surface area contributed by atoms with Crippen molar-refractivity contribution >= 4 is 23.5 Å². The van der Waals surface area contributed by atoms with Gasteiger partial charge in [0.2, 0.25) is 0 Å². The van der Waals surface area contributed by atoms with E-state index in [2.05, 4.69) is 5.32 Å². The summed E-state index contributed by atoms with van der Waals surface area (Å²) in [4.78, 5) is 41.1. The van der Waals surface area contributed by atoms with Gasteiger partial charge in [-0.05, 0) is 85.9 Å². The lowest BCUT2D eigenvalue weighted by atomic mass is 9.85. The van der Waals surface area contributed by atoms with Gasteiger partial charge in [0.25, 0.3) is 5.91 Å². The number of hydrogen-bond donors (Lipinski definition) is 2. The van der Waals surface area contributed by atoms with E-state index in [1.807, 2.05) is 124 Å². The number of carbonyl (C=O) groups is 3. The molecule has 4 aromatic rings. The number of anilines is 1. The molecule has 48 heavy (non-hydrogen) atoms. The molecule has 8 heteroatoms. The molecule has 2 amide bonds. The number of carbonyl (C=O) groups excluding carboxylic acids is 3. The number of rotatable bonds is 15. The SMILES string of the molecule is Cc1cccc(N2CC(C(=O)C[C@@H](Cc3ccccc3)C[C@H](O)[C@H](Cc3ccccc3)NC(=O)COc3c(C)cccc3C)OC2=O)c1. The van der Waals surface area contributed by atoms with Gasteiger partial charge in [0, 0.05) is 12.1 Å². The Morgan fingerprint density at radius 2 is 1.50 bits per heavy atom. The summed E-state index contributed by atoms with van der Waals surface area (Å²) in [5, 5.41) is 14.7. The zero-order valence-electron chi connectivity index (χ0n) is 27.8. The van der Waals surface area contributed by atoms with Gasteiger partial charge < -0.3 is 19.9 Å². The van der Waals surface area contributed by atoms with Gasteiger partial charge in [0.1, 0.15) is 5.75 Å². The predicted molar refractivity (Wildman–Crippen MR) is 186 cm³/mol. The van der Waals surface area contributed by atoms with Crippen LogP contribution in [0.4, 0.5) is 10.5 Å². The highest BCUT2D eigenvalue weighted by atomic mass is 16.6. The van der Waals surface area contributed by atoms with Crippen LogP contribution >= 0.6 is 0 Å². The van der Waals surface area contributed by atoms with Crippen LogP contribution in [0.5, 0.6) is 5.75 Å². The van der Waals surface area contributed by atoms with Crippen molar-refractivity contribution in [1.29, 1.82) is 0 Å². The second kappa shape index (κ2) is 16.2. The second-order valence-corrected chi connectivity index (χ2v) is 12.7. The fraction of sp³-hybridized carbons (Fsp3) is 0.325. The van der Waals surface area contributed by atoms with Crippen molar-refractivity contribution in [3.8, 4) is 5.75 Å². The van der Waals surface area contributed by atoms with Gasteiger partial charge in [-0.1, -0.05) is 91.0 Å². The first kappa shape index (κ1) is 34.4. The van der Waals surface area contributed by atoms with Gasteiger partial charge in [0.15, 0.2) is 18.5 Å². The third-order valence-corrected chi connectivity index (χ3v) is 8.78. The number of aryl methyl sites for hydroxylation is 3. The average molecular weight is 649 g/mol. The quantitative estimate of drug-likeness (QED) is 0.157. The fourth-order valence-corrected chi connectivity index (χ4v) is 6.31. The molecule has 1 fully saturated rings. The minimum absolute atomic E-state index is 0.104. The van der Waals surface area contributed by atoms with Crippen molar-refractivity contribution in [2.75, 3.05) is 18.1 Å². The van der Waals surface area contributed by atoms with Gasteiger partial charge in [-0.2, -0.15) is 0 Å². The molecule has 1 unspecified atom stereocenters. The topological polar surface area (TPSA) is 105 Å². The Kier molecular flexibility index (Phi) is 11.6. The number of ether oxygens (including phenoxy) is 2. The Hall–Kier alpha value is -4.95. The molecule has 4 aromatic carbocycles. The predicted octanol–water partition coefficient (Wildman–Crippen LogP) is 6.31. The molecule has 2 N–H and O–H groups in total. The summed E-state index contributed by atoms with van der Waals surface area (Å²) in [6.07, 6.45) is -1.14. The molecule has 0 aromatic heterocycles. The summed E-state index contributed by atoms with van der Waals surface area (Å²) < 4.78 is 11.5. The van der Waals surface area contributed by atoms with Crippen LogP contribution in [0, 0.1) is 26.7 Å². The second-order valence-electron chi connectivity index (χ2n) is 12.7. The van der Waals surface area contributed by atoms with Gasteiger partial charge in [-0.3, -0.25) is 14.5 Å². The summed E-state index contributed by atoms with van der Waals surface area (Å²) in [5.74, 6) is -0.148. The van der Waals surface area contributed by atoms with Crippen LogP contribution in [0.25, 0.3) is 0 Å². The molecule has 5 rings (SSSR count). The molecular weight excluding hydrogens is 604 g/mol. The molecule has 1 aliphatic heterocycles. The Labute approximate surface area is 282 Å². The molecule has 1 aliphatic rings. The number of para-hydroxylation sites is 1. The number of aliphatic hydroxyl groups is 1. The highest BCUT2D eigenvalue weighted by Gasteiger charge is 2.38. The first-order chi connectivity index (χ1) is 23.2. The monoisotopic (exact) mass is 648 g/mol. The number of aliphatic hydroxyl groups excluding tert-OH is 1. The maximum atomic E-state index is 13.7. The van der Waals surface area contributed by atoms with E-state index < -0.39 is 24.3 Å². The van der Waals surface area contributed by atoms with E-state index in [9.17, 15) is 19.5 Å². The van der Waals surface area contributed by atoms with Gasteiger partial charge in [-0.15, -0.1) is 0 Å². The number of cyclic esters (lactones) is 1. The Morgan fingerprint density at radius 1 is 0.875 bits per heavy atom. The molecule has 0 spiro atoms. The lowest BCUT2D eigenvalue weighted by Gasteiger charge is -2.28. The Bertz CT molecular complexity index is 1670. The normalized spacial score (nSPS) is 16.1. The lowest BCUT2D eigenvalue weighted by Crippen LogP contribution is -2.47. The summed E-state index contributed by atoms with van der Waals surface area (Å²) in [6.45, 7) is 5.75. The van der Waals surface area contributed by atoms with Crippen LogP contribution in [0.1, 0.15) is 40.7 Å². The zero-order chi connectivity index (χ0) is 34.0. The third-order valence-electron chi connectivity index (χ3n) is 8.78. The van der Waals surface area contributed by atoms with E-state index >= 15 is 0 Å². The summed E-state index contributed by atoms with van der Waals surface area (Å²) in [7, 11) is 0. The van der Waals surface area contributed by atoms with E-state index in [1.165, 1.54) is 4.90 Å². The van der Waals surface area contributed by atoms with Gasteiger partial charge >= 0.3 is 6.09 Å². The molecule has 0 radical (unpaired) electrons. The van der Waals surface area contributed by atoms with Crippen LogP contribution in [0.2, 0.25) is 0 Å². The first-order valence-electron chi connectivity index (χ1n) is 16.5. The number of nitrogens with zero attached hydrogens (tertiary/aromatic N) is 1. The van der Waals surface area contributed by atoms with E-state index in [0.717, 1.165) is 27.8 Å². The number of nitrogens with one attached hydrogen (secondary N) is 1. The van der Waals surface area contributed by atoms with Crippen LogP contribution in [-0.2, 0) is 27.2 Å². The van der Waals surface area contributed by atoms with Crippen molar-refractivity contribution in [3.63, 3.8) is 0 Å². The third kappa shape index (κ3) is 9.32. The maximum Gasteiger partial charge on any atom is 0.415 e. The Balaban J connectivity index is 1.30. The minimum atomic E-state index is -0.967. The molecular formula is C40H44N2O6. The highest BCUT2D eigenvalue weighted by Crippen LogP contribution is 2.27. The largest absolute Gasteiger partial charge is 0.483 e. The van der Waals surface area contributed by atoms with Crippen LogP contribution in [0.15, 0.2) is 103 Å². The van der Waals surface area contributed by atoms with Crippen LogP contribution in [0.3, 0.4) is 0 Å². The van der Waals surface area contributed by atoms with Gasteiger partial charge in [-0.25, -0.2) is 4.79 Å². The summed E-state index contributed by atoms with van der Waals surface area (Å²) >= 11 is 0. The van der Waals surface area contributed by atoms with E-state index in [-0.39, 0.29) is 43.6 Å². The van der Waals surface area contributed by atoms with E-state index in [0.29, 0.717) is 24.3 Å². The highest BCUT2D eigenvalue weighted by molar-refractivity contribution is 5.96. The number of ketones is 1. The summed E-state index contributed by atoms with van der Waals surface area (Å²) in [5.41, 5.74) is 5.55. The minimum Gasteiger partial charge on any atom is -0.483 e. The van der Waals surface area contributed by atoms with E-state index in [4.69, 9.17) is 9.47 Å². The molecule has 0 bridgehead atoms. The van der Waals surface area contributed by atoms with Crippen molar-refractivity contribution in [2.24, 2.45) is 5.92 Å². The molecule has 0 aliphatic carbocycles. The van der Waals surface area contributed by atoms with Crippen molar-refractivity contribution in [2.45, 2.75) is 64.7 Å². The zero-order valence-corrected chi connectivity index (χ0v) is 27.8. The maximum absolute atomic E-state index is 13.7. The average Bonchev–Trinajstić information content (AvgIpc) is 3.47. The van der Waals surface area contributed by atoms with Gasteiger partial charge in [0.05, 0.1) is 18.7 Å². The van der Waals surface area contributed by atoms with Crippen molar-refractivity contribution in [3.05, 3.63) is 131 Å². The van der Waals surface area contributed by atoms with Crippen molar-refractivity contribution < 1.29 is 29.0 Å². The van der Waals surface area contributed by atoms with E-state index in [1.54, 1.807) is 0 Å². The number of benzene rings is 4. The molecule has 4 atom stereocenters. The molecule has 1 saturated heterocycles. The summed E-state index contributed by atoms with van der Waals surface area (Å²) in [6, 6.07) is 32.2. The molecule has 250 valence electrons. The van der Waals surface area contributed by atoms with Crippen LogP contribution < -0.4 is 15.0 Å². The lowest BCUT2D eigenvalue weighted by molar-refractivity contribution is -0.127. The first-order valence-corrected chi connectivity index (χ1v) is 16.5. The number of hydrogen-bond acceptors (Lipinski definition) is 6. The number of Topliss-reactive ketones (excluding diaryl/α,β-unsaturated/α-hetero) is 1. The molecule has 8 nitrogen and oxygen atoms in total. The fourth-order valence-electron chi connectivity index (χ4n) is 6.31. The number of amides is 2. The molecule has 0 saturated carbocycles. The van der Waals surface area contributed by atoms with Crippen molar-refractivity contribution in [1.82, 2.24) is 5.32 Å². The van der Waals surface area contributed by atoms with Crippen LogP contribution in [-0.4, -0.2) is 54.3 Å². The standard InChI is InChI=1S/C40H44N2O6/c1-27-12-10-19-33(20-27)42-25-37(48-40(42)46)36(44)24-32(21-30-15-6-4-7-16-30)23-35(43)34(22-31-17-8-5-9-18-31)41-38(45)26-47-39-28(2)13-11-14-29(39)3/h4-20,32,34-35,37,43H,21-26H2,1-3H3,(H,41,45)/t32-,34-,35-,37?/m0/s1. The smallest absolute Gasteiger partial charge is 0.415 e. The molecule has 1 heterocycles. The Morgan fingerprint density at radius 3 is 2.15 bits per heavy atom.